The molecule has 0 aliphatic carbocycles. The summed E-state index contributed by atoms with van der Waals surface area (Å²) >= 11 is 3.42. The van der Waals surface area contributed by atoms with Gasteiger partial charge < -0.3 is 15.6 Å². The molecule has 0 heterocycles. The maximum Gasteiger partial charge on any atom is 0.124 e. The molecule has 2 atom stereocenters. The van der Waals surface area contributed by atoms with Crippen LogP contribution in [0.3, 0.4) is 0 Å². The zero-order chi connectivity index (χ0) is 13.9. The summed E-state index contributed by atoms with van der Waals surface area (Å²) in [6.45, 7) is 7.89. The Bertz CT molecular complexity index is 403. The van der Waals surface area contributed by atoms with Gasteiger partial charge in [0.1, 0.15) is 12.4 Å². The van der Waals surface area contributed by atoms with Crippen LogP contribution >= 0.6 is 15.9 Å². The molecule has 0 fully saturated rings. The molecule has 18 heavy (non-hydrogen) atoms. The van der Waals surface area contributed by atoms with Gasteiger partial charge >= 0.3 is 0 Å². The SMILES string of the molecule is CC(N)c1cc(Br)ccc1OCC(C)(O)C(C)C. The number of hydrogen-bond acceptors (Lipinski definition) is 3. The lowest BCUT2D eigenvalue weighted by molar-refractivity contribution is -0.0269. The molecule has 3 N–H and O–H groups in total. The van der Waals surface area contributed by atoms with Crippen LogP contribution in [0, 0.1) is 5.92 Å². The van der Waals surface area contributed by atoms with Gasteiger partial charge in [-0.2, -0.15) is 0 Å². The monoisotopic (exact) mass is 315 g/mol. The van der Waals surface area contributed by atoms with Crippen molar-refractivity contribution in [3.63, 3.8) is 0 Å². The Balaban J connectivity index is 2.85. The van der Waals surface area contributed by atoms with Crippen molar-refractivity contribution in [3.05, 3.63) is 28.2 Å². The van der Waals surface area contributed by atoms with E-state index in [0.717, 1.165) is 15.8 Å². The van der Waals surface area contributed by atoms with Crippen LogP contribution < -0.4 is 10.5 Å². The van der Waals surface area contributed by atoms with Gasteiger partial charge in [-0.3, -0.25) is 0 Å². The van der Waals surface area contributed by atoms with Gasteiger partial charge in [0.15, 0.2) is 0 Å². The first-order valence-electron chi connectivity index (χ1n) is 6.14. The Morgan fingerprint density at radius 1 is 1.39 bits per heavy atom. The van der Waals surface area contributed by atoms with Gasteiger partial charge in [0.05, 0.1) is 5.60 Å². The molecule has 0 radical (unpaired) electrons. The number of ether oxygens (including phenoxy) is 1. The largest absolute Gasteiger partial charge is 0.490 e. The summed E-state index contributed by atoms with van der Waals surface area (Å²) < 4.78 is 6.70. The number of rotatable bonds is 5. The van der Waals surface area contributed by atoms with E-state index in [1.165, 1.54) is 0 Å². The van der Waals surface area contributed by atoms with Crippen LogP contribution in [0.4, 0.5) is 0 Å². The Hall–Kier alpha value is -0.580. The third-order valence-corrected chi connectivity index (χ3v) is 3.72. The minimum absolute atomic E-state index is 0.110. The van der Waals surface area contributed by atoms with Gasteiger partial charge in [-0.15, -0.1) is 0 Å². The molecule has 3 nitrogen and oxygen atoms in total. The zero-order valence-electron chi connectivity index (χ0n) is 11.4. The summed E-state index contributed by atoms with van der Waals surface area (Å²) in [5.74, 6) is 0.862. The summed E-state index contributed by atoms with van der Waals surface area (Å²) in [4.78, 5) is 0. The van der Waals surface area contributed by atoms with E-state index in [4.69, 9.17) is 10.5 Å². The van der Waals surface area contributed by atoms with Crippen LogP contribution in [0.25, 0.3) is 0 Å². The lowest BCUT2D eigenvalue weighted by Crippen LogP contribution is -2.38. The van der Waals surface area contributed by atoms with Gasteiger partial charge in [-0.1, -0.05) is 29.8 Å². The fourth-order valence-corrected chi connectivity index (χ4v) is 1.78. The first-order valence-corrected chi connectivity index (χ1v) is 6.93. The first-order chi connectivity index (χ1) is 8.24. The minimum atomic E-state index is -0.845. The molecule has 102 valence electrons. The number of nitrogens with two attached hydrogens (primary N) is 1. The fraction of sp³-hybridized carbons (Fsp3) is 0.571. The van der Waals surface area contributed by atoms with Crippen molar-refractivity contribution in [1.82, 2.24) is 0 Å². The first kappa shape index (κ1) is 15.5. The number of aliphatic hydroxyl groups is 1. The van der Waals surface area contributed by atoms with E-state index in [-0.39, 0.29) is 18.6 Å². The third kappa shape index (κ3) is 3.97. The average Bonchev–Trinajstić information content (AvgIpc) is 2.27. The third-order valence-electron chi connectivity index (χ3n) is 3.23. The molecule has 0 saturated heterocycles. The van der Waals surface area contributed by atoms with Gasteiger partial charge in [-0.25, -0.2) is 0 Å². The quantitative estimate of drug-likeness (QED) is 0.877. The predicted molar refractivity (Wildman–Crippen MR) is 77.7 cm³/mol. The van der Waals surface area contributed by atoms with E-state index in [2.05, 4.69) is 15.9 Å². The van der Waals surface area contributed by atoms with E-state index < -0.39 is 5.60 Å². The number of benzene rings is 1. The molecule has 0 aliphatic heterocycles. The minimum Gasteiger partial charge on any atom is -0.490 e. The molecule has 0 aliphatic rings. The van der Waals surface area contributed by atoms with Crippen molar-refractivity contribution in [2.75, 3.05) is 6.61 Å². The van der Waals surface area contributed by atoms with Gasteiger partial charge in [0.25, 0.3) is 0 Å². The lowest BCUT2D eigenvalue weighted by Gasteiger charge is -2.28. The number of hydrogen-bond donors (Lipinski definition) is 2. The Kier molecular flexibility index (Phi) is 5.20. The second-order valence-corrected chi connectivity index (χ2v) is 6.19. The van der Waals surface area contributed by atoms with Gasteiger partial charge in [0, 0.05) is 16.1 Å². The lowest BCUT2D eigenvalue weighted by atomic mass is 9.94. The van der Waals surface area contributed by atoms with Crippen LogP contribution in [-0.4, -0.2) is 17.3 Å². The highest BCUT2D eigenvalue weighted by Crippen LogP contribution is 2.28. The van der Waals surface area contributed by atoms with Gasteiger partial charge in [-0.05, 0) is 38.0 Å². The highest BCUT2D eigenvalue weighted by molar-refractivity contribution is 9.10. The summed E-state index contributed by atoms with van der Waals surface area (Å²) in [5.41, 5.74) is 6.01. The van der Waals surface area contributed by atoms with Crippen LogP contribution in [-0.2, 0) is 0 Å². The zero-order valence-corrected chi connectivity index (χ0v) is 13.0. The molecule has 1 rings (SSSR count). The van der Waals surface area contributed by atoms with E-state index in [1.54, 1.807) is 6.92 Å². The van der Waals surface area contributed by atoms with Crippen molar-refractivity contribution < 1.29 is 9.84 Å². The molecule has 2 unspecified atom stereocenters. The van der Waals surface area contributed by atoms with Crippen molar-refractivity contribution >= 4 is 15.9 Å². The van der Waals surface area contributed by atoms with E-state index >= 15 is 0 Å². The van der Waals surface area contributed by atoms with Crippen molar-refractivity contribution in [2.24, 2.45) is 11.7 Å². The molecule has 0 bridgehead atoms. The predicted octanol–water partition coefficient (Wildman–Crippen LogP) is 3.25. The van der Waals surface area contributed by atoms with E-state index in [9.17, 15) is 5.11 Å². The summed E-state index contributed by atoms with van der Waals surface area (Å²) in [5, 5.41) is 10.2. The molecular weight excluding hydrogens is 294 g/mol. The van der Waals surface area contributed by atoms with Crippen molar-refractivity contribution in [2.45, 2.75) is 39.3 Å². The average molecular weight is 316 g/mol. The normalized spacial score (nSPS) is 16.4. The summed E-state index contributed by atoms with van der Waals surface area (Å²) in [7, 11) is 0. The highest BCUT2D eigenvalue weighted by Gasteiger charge is 2.26. The molecule has 1 aromatic rings. The smallest absolute Gasteiger partial charge is 0.124 e. The van der Waals surface area contributed by atoms with Crippen molar-refractivity contribution in [3.8, 4) is 5.75 Å². The van der Waals surface area contributed by atoms with Crippen molar-refractivity contribution in [1.29, 1.82) is 0 Å². The standard InChI is InChI=1S/C14H22BrNO2/c1-9(2)14(4,17)8-18-13-6-5-11(15)7-12(13)10(3)16/h5-7,9-10,17H,8,16H2,1-4H3. The molecule has 0 aromatic heterocycles. The molecule has 0 amide bonds. The highest BCUT2D eigenvalue weighted by atomic mass is 79.9. The second kappa shape index (κ2) is 6.04. The maximum absolute atomic E-state index is 10.2. The van der Waals surface area contributed by atoms with E-state index in [0.29, 0.717) is 0 Å². The molecule has 1 aromatic carbocycles. The molecule has 0 saturated carbocycles. The van der Waals surface area contributed by atoms with Crippen LogP contribution in [0.15, 0.2) is 22.7 Å². The maximum atomic E-state index is 10.2. The van der Waals surface area contributed by atoms with Crippen LogP contribution in [0.1, 0.15) is 39.3 Å². The van der Waals surface area contributed by atoms with E-state index in [1.807, 2.05) is 39.0 Å². The Morgan fingerprint density at radius 3 is 2.50 bits per heavy atom. The summed E-state index contributed by atoms with van der Waals surface area (Å²) in [6.07, 6.45) is 0. The molecule has 4 heteroatoms. The fourth-order valence-electron chi connectivity index (χ4n) is 1.40. The van der Waals surface area contributed by atoms with Crippen LogP contribution in [0.2, 0.25) is 0 Å². The topological polar surface area (TPSA) is 55.5 Å². The second-order valence-electron chi connectivity index (χ2n) is 5.27. The van der Waals surface area contributed by atoms with Gasteiger partial charge in [0.2, 0.25) is 0 Å². The summed E-state index contributed by atoms with van der Waals surface area (Å²) in [6, 6.07) is 5.62. The molecular formula is C14H22BrNO2. The molecule has 0 spiro atoms. The number of halogens is 1. The Labute approximate surface area is 117 Å². The van der Waals surface area contributed by atoms with Crippen LogP contribution in [0.5, 0.6) is 5.75 Å². The Morgan fingerprint density at radius 2 is 2.00 bits per heavy atom.